The van der Waals surface area contributed by atoms with Gasteiger partial charge in [0.1, 0.15) is 11.6 Å². The number of aromatic nitrogens is 4. The molecule has 2 atom stereocenters. The van der Waals surface area contributed by atoms with E-state index in [1.165, 1.54) is 0 Å². The number of nitrogens with zero attached hydrogens (tertiary/aromatic N) is 4. The minimum absolute atomic E-state index is 0.183. The smallest absolute Gasteiger partial charge is 0.227 e. The van der Waals surface area contributed by atoms with Gasteiger partial charge in [-0.05, 0) is 12.8 Å². The van der Waals surface area contributed by atoms with Gasteiger partial charge in [0.05, 0.1) is 6.20 Å². The second-order valence-corrected chi connectivity index (χ2v) is 5.34. The molecule has 0 bridgehead atoms. The third kappa shape index (κ3) is 2.57. The Morgan fingerprint density at radius 3 is 2.90 bits per heavy atom. The summed E-state index contributed by atoms with van der Waals surface area (Å²) in [6.07, 6.45) is 1.69. The minimum Gasteiger partial charge on any atom is -0.339 e. The first kappa shape index (κ1) is 12.9. The van der Waals surface area contributed by atoms with Crippen molar-refractivity contribution in [3.05, 3.63) is 24.0 Å². The van der Waals surface area contributed by atoms with Gasteiger partial charge in [-0.1, -0.05) is 6.92 Å². The van der Waals surface area contributed by atoms with Crippen molar-refractivity contribution in [2.75, 3.05) is 23.3 Å². The van der Waals surface area contributed by atoms with Crippen LogP contribution in [0.25, 0.3) is 0 Å². The van der Waals surface area contributed by atoms with E-state index in [1.54, 1.807) is 6.20 Å². The Kier molecular flexibility index (Phi) is 3.27. The molecule has 2 aromatic heterocycles. The van der Waals surface area contributed by atoms with Gasteiger partial charge in [-0.3, -0.25) is 5.10 Å². The molecule has 1 fully saturated rings. The third-order valence-electron chi connectivity index (χ3n) is 3.56. The lowest BCUT2D eigenvalue weighted by molar-refractivity contribution is 0.565. The van der Waals surface area contributed by atoms with Gasteiger partial charge in [-0.2, -0.15) is 10.1 Å². The Labute approximate surface area is 117 Å². The highest BCUT2D eigenvalue weighted by molar-refractivity contribution is 5.53. The normalized spacial score (nSPS) is 22.2. The van der Waals surface area contributed by atoms with Crippen molar-refractivity contribution in [1.29, 1.82) is 0 Å². The highest BCUT2D eigenvalue weighted by Crippen LogP contribution is 2.22. The molecule has 4 N–H and O–H groups in total. The highest BCUT2D eigenvalue weighted by atomic mass is 15.3. The predicted molar refractivity (Wildman–Crippen MR) is 78.0 cm³/mol. The van der Waals surface area contributed by atoms with Gasteiger partial charge < -0.3 is 16.0 Å². The van der Waals surface area contributed by atoms with E-state index in [1.807, 2.05) is 19.1 Å². The summed E-state index contributed by atoms with van der Waals surface area (Å²) in [5, 5.41) is 9.94. The number of hydrogen-bond acceptors (Lipinski definition) is 6. The van der Waals surface area contributed by atoms with E-state index in [2.05, 4.69) is 37.3 Å². The largest absolute Gasteiger partial charge is 0.339 e. The van der Waals surface area contributed by atoms with Crippen molar-refractivity contribution in [1.82, 2.24) is 20.2 Å². The average Bonchev–Trinajstić information content (AvgIpc) is 3.00. The van der Waals surface area contributed by atoms with E-state index < -0.39 is 0 Å². The Balaban J connectivity index is 1.83. The zero-order valence-corrected chi connectivity index (χ0v) is 11.7. The fourth-order valence-corrected chi connectivity index (χ4v) is 2.38. The minimum atomic E-state index is 0.183. The zero-order valence-electron chi connectivity index (χ0n) is 11.7. The summed E-state index contributed by atoms with van der Waals surface area (Å²) in [5.74, 6) is 2.75. The van der Waals surface area contributed by atoms with Crippen LogP contribution >= 0.6 is 0 Å². The van der Waals surface area contributed by atoms with Crippen LogP contribution in [0.4, 0.5) is 17.6 Å². The van der Waals surface area contributed by atoms with Gasteiger partial charge in [0.25, 0.3) is 0 Å². The molecule has 1 aliphatic heterocycles. The third-order valence-corrected chi connectivity index (χ3v) is 3.56. The van der Waals surface area contributed by atoms with Crippen LogP contribution in [-0.2, 0) is 0 Å². The summed E-state index contributed by atoms with van der Waals surface area (Å²) >= 11 is 0. The SMILES string of the molecule is Cc1cc(Nc2ccn[nH]2)nc(N2CC(C)C(N)C2)n1. The fourth-order valence-electron chi connectivity index (χ4n) is 2.38. The Morgan fingerprint density at radius 1 is 1.40 bits per heavy atom. The van der Waals surface area contributed by atoms with Gasteiger partial charge in [-0.15, -0.1) is 0 Å². The zero-order chi connectivity index (χ0) is 14.1. The number of nitrogens with two attached hydrogens (primary N) is 1. The van der Waals surface area contributed by atoms with Gasteiger partial charge in [0, 0.05) is 37.0 Å². The standard InChI is InChI=1S/C13H19N7/c1-8-6-20(7-10(8)14)13-16-9(2)5-12(18-13)17-11-3-4-15-19-11/h3-5,8,10H,6-7,14H2,1-2H3,(H2,15,16,17,18,19). The maximum absolute atomic E-state index is 6.07. The van der Waals surface area contributed by atoms with Gasteiger partial charge in [0.2, 0.25) is 5.95 Å². The number of hydrogen-bond donors (Lipinski definition) is 3. The first-order chi connectivity index (χ1) is 9.61. The summed E-state index contributed by atoms with van der Waals surface area (Å²) in [6.45, 7) is 5.81. The number of rotatable bonds is 3. The fraction of sp³-hybridized carbons (Fsp3) is 0.462. The number of anilines is 3. The molecule has 0 spiro atoms. The molecule has 0 saturated carbocycles. The van der Waals surface area contributed by atoms with Crippen LogP contribution < -0.4 is 16.0 Å². The maximum Gasteiger partial charge on any atom is 0.227 e. The summed E-state index contributed by atoms with van der Waals surface area (Å²) in [4.78, 5) is 11.2. The van der Waals surface area contributed by atoms with Crippen LogP contribution in [0.2, 0.25) is 0 Å². The molecule has 20 heavy (non-hydrogen) atoms. The molecule has 106 valence electrons. The van der Waals surface area contributed by atoms with Crippen molar-refractivity contribution < 1.29 is 0 Å². The second kappa shape index (κ2) is 5.09. The lowest BCUT2D eigenvalue weighted by Crippen LogP contribution is -2.29. The molecular weight excluding hydrogens is 254 g/mol. The van der Waals surface area contributed by atoms with E-state index in [0.717, 1.165) is 36.4 Å². The van der Waals surface area contributed by atoms with Gasteiger partial charge in [-0.25, -0.2) is 4.98 Å². The second-order valence-electron chi connectivity index (χ2n) is 5.34. The number of H-pyrrole nitrogens is 1. The Morgan fingerprint density at radius 2 is 2.25 bits per heavy atom. The first-order valence-electron chi connectivity index (χ1n) is 6.74. The Hall–Kier alpha value is -2.15. The van der Waals surface area contributed by atoms with Crippen molar-refractivity contribution in [2.24, 2.45) is 11.7 Å². The van der Waals surface area contributed by atoms with Crippen LogP contribution in [-0.4, -0.2) is 39.3 Å². The summed E-state index contributed by atoms with van der Waals surface area (Å²) < 4.78 is 0. The predicted octanol–water partition coefficient (Wildman–Crippen LogP) is 1.04. The molecule has 2 unspecified atom stereocenters. The molecule has 0 aliphatic carbocycles. The van der Waals surface area contributed by atoms with Crippen molar-refractivity contribution in [3.8, 4) is 0 Å². The molecular formula is C13H19N7. The van der Waals surface area contributed by atoms with Crippen LogP contribution in [0, 0.1) is 12.8 Å². The summed E-state index contributed by atoms with van der Waals surface area (Å²) in [5.41, 5.74) is 6.99. The number of aryl methyl sites for hydroxylation is 1. The van der Waals surface area contributed by atoms with Crippen LogP contribution in [0.15, 0.2) is 18.3 Å². The summed E-state index contributed by atoms with van der Waals surface area (Å²) in [7, 11) is 0. The molecule has 7 heteroatoms. The van der Waals surface area contributed by atoms with E-state index in [4.69, 9.17) is 5.73 Å². The highest BCUT2D eigenvalue weighted by Gasteiger charge is 2.28. The molecule has 3 heterocycles. The van der Waals surface area contributed by atoms with Crippen LogP contribution in [0.5, 0.6) is 0 Å². The summed E-state index contributed by atoms with van der Waals surface area (Å²) in [6, 6.07) is 3.94. The van der Waals surface area contributed by atoms with Crippen molar-refractivity contribution >= 4 is 17.6 Å². The number of aromatic amines is 1. The molecule has 1 aliphatic rings. The lowest BCUT2D eigenvalue weighted by Gasteiger charge is -2.17. The molecule has 2 aromatic rings. The molecule has 0 aromatic carbocycles. The van der Waals surface area contributed by atoms with Crippen LogP contribution in [0.1, 0.15) is 12.6 Å². The van der Waals surface area contributed by atoms with Crippen LogP contribution in [0.3, 0.4) is 0 Å². The van der Waals surface area contributed by atoms with Crippen molar-refractivity contribution in [3.63, 3.8) is 0 Å². The molecule has 3 rings (SSSR count). The van der Waals surface area contributed by atoms with E-state index in [-0.39, 0.29) is 6.04 Å². The monoisotopic (exact) mass is 273 g/mol. The van der Waals surface area contributed by atoms with Crippen molar-refractivity contribution in [2.45, 2.75) is 19.9 Å². The van der Waals surface area contributed by atoms with E-state index in [9.17, 15) is 0 Å². The molecule has 1 saturated heterocycles. The quantitative estimate of drug-likeness (QED) is 0.773. The number of nitrogens with one attached hydrogen (secondary N) is 2. The van der Waals surface area contributed by atoms with E-state index >= 15 is 0 Å². The topological polar surface area (TPSA) is 95.8 Å². The lowest BCUT2D eigenvalue weighted by atomic mass is 10.1. The Bertz CT molecular complexity index is 570. The van der Waals surface area contributed by atoms with E-state index in [0.29, 0.717) is 5.92 Å². The first-order valence-corrected chi connectivity index (χ1v) is 6.74. The maximum atomic E-state index is 6.07. The molecule has 0 amide bonds. The molecule has 0 radical (unpaired) electrons. The van der Waals surface area contributed by atoms with Gasteiger partial charge >= 0.3 is 0 Å². The average molecular weight is 273 g/mol. The van der Waals surface area contributed by atoms with Gasteiger partial charge in [0.15, 0.2) is 0 Å². The molecule has 7 nitrogen and oxygen atoms in total.